The number of alkyl halides is 2. The Morgan fingerprint density at radius 3 is 2.81 bits per heavy atom. The smallest absolute Gasteiger partial charge is 0.270 e. The molecule has 1 aromatic rings. The van der Waals surface area contributed by atoms with Crippen LogP contribution in [0.5, 0.6) is 0 Å². The Morgan fingerprint density at radius 1 is 1.38 bits per heavy atom. The fourth-order valence-electron chi connectivity index (χ4n) is 2.20. The molecule has 0 saturated carbocycles. The second-order valence-corrected chi connectivity index (χ2v) is 4.56. The first-order valence-electron chi connectivity index (χ1n) is 5.76. The van der Waals surface area contributed by atoms with Gasteiger partial charge >= 0.3 is 0 Å². The number of nitrogens with one attached hydrogen (secondary N) is 1. The Balaban J connectivity index is 2.21. The number of hydrogen-bond acceptors (Lipinski definition) is 1. The van der Waals surface area contributed by atoms with Crippen molar-refractivity contribution >= 4 is 0 Å². The summed E-state index contributed by atoms with van der Waals surface area (Å²) in [5.74, 6) is -2.35. The molecule has 1 atom stereocenters. The van der Waals surface area contributed by atoms with E-state index in [0.29, 0.717) is 5.92 Å². The second kappa shape index (κ2) is 4.50. The lowest BCUT2D eigenvalue weighted by Crippen LogP contribution is -2.28. The van der Waals surface area contributed by atoms with E-state index in [-0.39, 0.29) is 5.56 Å². The van der Waals surface area contributed by atoms with Crippen LogP contribution in [0.3, 0.4) is 0 Å². The molecule has 1 N–H and O–H groups in total. The van der Waals surface area contributed by atoms with Crippen LogP contribution in [0.1, 0.15) is 36.8 Å². The van der Waals surface area contributed by atoms with E-state index in [1.807, 2.05) is 6.07 Å². The Morgan fingerprint density at radius 2 is 2.19 bits per heavy atom. The fraction of sp³-hybridized carbons (Fsp3) is 0.538. The van der Waals surface area contributed by atoms with Crippen LogP contribution in [0.4, 0.5) is 8.78 Å². The van der Waals surface area contributed by atoms with E-state index >= 15 is 0 Å². The summed E-state index contributed by atoms with van der Waals surface area (Å²) in [7, 11) is 0. The third-order valence-electron chi connectivity index (χ3n) is 3.16. The van der Waals surface area contributed by atoms with Gasteiger partial charge in [-0.3, -0.25) is 0 Å². The molecule has 2 rings (SSSR count). The maximum atomic E-state index is 13.2. The molecule has 0 aliphatic carbocycles. The molecule has 1 unspecified atom stereocenters. The standard InChI is InChI=1S/C13H17F2N/c1-13(14,15)12-6-2-4-10(8-12)11-5-3-7-16-9-11/h2,4,6,8,11,16H,3,5,7,9H2,1H3. The van der Waals surface area contributed by atoms with Gasteiger partial charge in [0.05, 0.1) is 0 Å². The third-order valence-corrected chi connectivity index (χ3v) is 3.16. The number of rotatable bonds is 2. The number of piperidine rings is 1. The summed E-state index contributed by atoms with van der Waals surface area (Å²) in [6, 6.07) is 6.83. The zero-order valence-corrected chi connectivity index (χ0v) is 9.47. The molecule has 1 nitrogen and oxygen atoms in total. The van der Waals surface area contributed by atoms with Gasteiger partial charge < -0.3 is 5.32 Å². The molecule has 0 amide bonds. The molecule has 1 aromatic carbocycles. The van der Waals surface area contributed by atoms with E-state index in [0.717, 1.165) is 38.4 Å². The fourth-order valence-corrected chi connectivity index (χ4v) is 2.20. The van der Waals surface area contributed by atoms with Gasteiger partial charge in [0, 0.05) is 19.0 Å². The predicted molar refractivity (Wildman–Crippen MR) is 60.9 cm³/mol. The Hall–Kier alpha value is -0.960. The summed E-state index contributed by atoms with van der Waals surface area (Å²) in [6.07, 6.45) is 2.21. The van der Waals surface area contributed by atoms with Gasteiger partial charge in [-0.05, 0) is 36.9 Å². The summed E-state index contributed by atoms with van der Waals surface area (Å²) in [5.41, 5.74) is 1.15. The van der Waals surface area contributed by atoms with Crippen molar-refractivity contribution in [3.05, 3.63) is 35.4 Å². The molecular weight excluding hydrogens is 208 g/mol. The zero-order chi connectivity index (χ0) is 11.6. The average molecular weight is 225 g/mol. The normalized spacial score (nSPS) is 22.1. The third kappa shape index (κ3) is 2.59. The van der Waals surface area contributed by atoms with Crippen LogP contribution >= 0.6 is 0 Å². The highest BCUT2D eigenvalue weighted by atomic mass is 19.3. The Kier molecular flexibility index (Phi) is 3.24. The van der Waals surface area contributed by atoms with Gasteiger partial charge in [0.15, 0.2) is 0 Å². The van der Waals surface area contributed by atoms with Gasteiger partial charge in [-0.2, -0.15) is 0 Å². The van der Waals surface area contributed by atoms with Crippen LogP contribution in [0.2, 0.25) is 0 Å². The molecule has 1 aliphatic rings. The van der Waals surface area contributed by atoms with Gasteiger partial charge in [-0.25, -0.2) is 8.78 Å². The molecule has 0 radical (unpaired) electrons. The van der Waals surface area contributed by atoms with E-state index in [2.05, 4.69) is 5.32 Å². The number of halogens is 2. The highest BCUT2D eigenvalue weighted by Crippen LogP contribution is 2.30. The molecule has 1 saturated heterocycles. The molecule has 0 spiro atoms. The van der Waals surface area contributed by atoms with E-state index in [4.69, 9.17) is 0 Å². The number of hydrogen-bond donors (Lipinski definition) is 1. The van der Waals surface area contributed by atoms with Crippen LogP contribution in [0.25, 0.3) is 0 Å². The van der Waals surface area contributed by atoms with Crippen molar-refractivity contribution < 1.29 is 8.78 Å². The first kappa shape index (κ1) is 11.5. The predicted octanol–water partition coefficient (Wildman–Crippen LogP) is 3.27. The second-order valence-electron chi connectivity index (χ2n) is 4.56. The molecular formula is C13H17F2N. The van der Waals surface area contributed by atoms with Crippen molar-refractivity contribution in [1.29, 1.82) is 0 Å². The first-order valence-corrected chi connectivity index (χ1v) is 5.76. The van der Waals surface area contributed by atoms with E-state index in [9.17, 15) is 8.78 Å². The maximum absolute atomic E-state index is 13.2. The minimum absolute atomic E-state index is 0.121. The largest absolute Gasteiger partial charge is 0.316 e. The quantitative estimate of drug-likeness (QED) is 0.814. The topological polar surface area (TPSA) is 12.0 Å². The van der Waals surface area contributed by atoms with Gasteiger partial charge in [0.25, 0.3) is 5.92 Å². The summed E-state index contributed by atoms with van der Waals surface area (Å²) < 4.78 is 26.4. The van der Waals surface area contributed by atoms with Crippen LogP contribution in [0.15, 0.2) is 24.3 Å². The molecule has 1 fully saturated rings. The average Bonchev–Trinajstić information content (AvgIpc) is 2.29. The van der Waals surface area contributed by atoms with Gasteiger partial charge in [-0.15, -0.1) is 0 Å². The molecule has 16 heavy (non-hydrogen) atoms. The van der Waals surface area contributed by atoms with E-state index in [1.54, 1.807) is 12.1 Å². The van der Waals surface area contributed by atoms with Crippen molar-refractivity contribution in [3.63, 3.8) is 0 Å². The van der Waals surface area contributed by atoms with Crippen molar-refractivity contribution in [1.82, 2.24) is 5.32 Å². The molecule has 0 bridgehead atoms. The summed E-state index contributed by atoms with van der Waals surface area (Å²) in [4.78, 5) is 0. The maximum Gasteiger partial charge on any atom is 0.270 e. The van der Waals surface area contributed by atoms with E-state index in [1.165, 1.54) is 6.07 Å². The molecule has 88 valence electrons. The highest BCUT2D eigenvalue weighted by Gasteiger charge is 2.25. The lowest BCUT2D eigenvalue weighted by atomic mass is 9.90. The minimum atomic E-state index is -2.74. The van der Waals surface area contributed by atoms with Gasteiger partial charge in [0.1, 0.15) is 0 Å². The summed E-state index contributed by atoms with van der Waals surface area (Å²) >= 11 is 0. The van der Waals surface area contributed by atoms with Crippen LogP contribution in [-0.2, 0) is 5.92 Å². The van der Waals surface area contributed by atoms with Crippen molar-refractivity contribution in [2.45, 2.75) is 31.6 Å². The van der Waals surface area contributed by atoms with Crippen LogP contribution < -0.4 is 5.32 Å². The van der Waals surface area contributed by atoms with Crippen LogP contribution in [0, 0.1) is 0 Å². The molecule has 1 aliphatic heterocycles. The lowest BCUT2D eigenvalue weighted by Gasteiger charge is -2.24. The van der Waals surface area contributed by atoms with Gasteiger partial charge in [-0.1, -0.05) is 18.2 Å². The SMILES string of the molecule is CC(F)(F)c1cccc(C2CCCNC2)c1. The molecule has 0 aromatic heterocycles. The van der Waals surface area contributed by atoms with Gasteiger partial charge in [0.2, 0.25) is 0 Å². The van der Waals surface area contributed by atoms with Crippen molar-refractivity contribution in [2.75, 3.05) is 13.1 Å². The molecule has 1 heterocycles. The minimum Gasteiger partial charge on any atom is -0.316 e. The van der Waals surface area contributed by atoms with Crippen molar-refractivity contribution in [3.8, 4) is 0 Å². The summed E-state index contributed by atoms with van der Waals surface area (Å²) in [5, 5.41) is 3.30. The Bertz CT molecular complexity index is 351. The zero-order valence-electron chi connectivity index (χ0n) is 9.47. The first-order chi connectivity index (χ1) is 7.57. The monoisotopic (exact) mass is 225 g/mol. The van der Waals surface area contributed by atoms with Crippen LogP contribution in [-0.4, -0.2) is 13.1 Å². The number of benzene rings is 1. The van der Waals surface area contributed by atoms with Crippen molar-refractivity contribution in [2.24, 2.45) is 0 Å². The summed E-state index contributed by atoms with van der Waals surface area (Å²) in [6.45, 7) is 2.89. The molecule has 3 heteroatoms. The van der Waals surface area contributed by atoms with E-state index < -0.39 is 5.92 Å². The highest BCUT2D eigenvalue weighted by molar-refractivity contribution is 5.29. The lowest BCUT2D eigenvalue weighted by molar-refractivity contribution is 0.0173. The Labute approximate surface area is 94.9 Å².